The minimum Gasteiger partial charge on any atom is -0.493 e. The van der Waals surface area contributed by atoms with Gasteiger partial charge in [-0.2, -0.15) is 0 Å². The van der Waals surface area contributed by atoms with Gasteiger partial charge in [-0.1, -0.05) is 25.1 Å². The predicted molar refractivity (Wildman–Crippen MR) is 97.9 cm³/mol. The second-order valence-electron chi connectivity index (χ2n) is 5.33. The van der Waals surface area contributed by atoms with E-state index in [0.717, 1.165) is 31.7 Å². The number of fused-ring (bicyclic) bond motifs is 1. The number of rotatable bonds is 7. The van der Waals surface area contributed by atoms with E-state index in [1.54, 1.807) is 6.92 Å². The maximum atomic E-state index is 11.2. The Labute approximate surface area is 151 Å². The van der Waals surface area contributed by atoms with Gasteiger partial charge in [-0.15, -0.1) is 12.4 Å². The molecule has 2 N–H and O–H groups in total. The van der Waals surface area contributed by atoms with Gasteiger partial charge in [0.05, 0.1) is 13.2 Å². The van der Waals surface area contributed by atoms with E-state index in [4.69, 9.17) is 14.6 Å². The zero-order valence-corrected chi connectivity index (χ0v) is 15.4. The first-order chi connectivity index (χ1) is 11.2. The predicted octanol–water partition coefficient (Wildman–Crippen LogP) is 2.73. The van der Waals surface area contributed by atoms with E-state index < -0.39 is 0 Å². The van der Waals surface area contributed by atoms with E-state index in [1.807, 2.05) is 19.1 Å². The Hall–Kier alpha value is -1.30. The molecule has 1 unspecified atom stereocenters. The van der Waals surface area contributed by atoms with E-state index in [-0.39, 0.29) is 31.0 Å². The average Bonchev–Trinajstić information content (AvgIpc) is 2.59. The SMILES string of the molecule is CCCNC(CCO)C(=O)OCC.Cl.c1ccc2c(c1)CCCO2. The van der Waals surface area contributed by atoms with Gasteiger partial charge in [0, 0.05) is 6.61 Å². The molecule has 6 heteroatoms. The molecule has 0 bridgehead atoms. The van der Waals surface area contributed by atoms with Crippen LogP contribution >= 0.6 is 12.4 Å². The second kappa shape index (κ2) is 14.1. The molecule has 5 nitrogen and oxygen atoms in total. The van der Waals surface area contributed by atoms with Crippen molar-refractivity contribution in [3.63, 3.8) is 0 Å². The summed E-state index contributed by atoms with van der Waals surface area (Å²) in [7, 11) is 0. The lowest BCUT2D eigenvalue weighted by molar-refractivity contribution is -0.146. The van der Waals surface area contributed by atoms with Gasteiger partial charge >= 0.3 is 5.97 Å². The van der Waals surface area contributed by atoms with Crippen LogP contribution in [-0.2, 0) is 16.0 Å². The summed E-state index contributed by atoms with van der Waals surface area (Å²) in [6.45, 7) is 5.83. The number of aliphatic hydroxyl groups excluding tert-OH is 1. The zero-order valence-electron chi connectivity index (χ0n) is 14.6. The number of benzene rings is 1. The third-order valence-corrected chi connectivity index (χ3v) is 3.45. The van der Waals surface area contributed by atoms with Gasteiger partial charge in [0.25, 0.3) is 0 Å². The highest BCUT2D eigenvalue weighted by molar-refractivity contribution is 5.85. The maximum Gasteiger partial charge on any atom is 0.323 e. The summed E-state index contributed by atoms with van der Waals surface area (Å²) in [5.74, 6) is 0.804. The largest absolute Gasteiger partial charge is 0.493 e. The zero-order chi connectivity index (χ0) is 16.9. The molecule has 0 aromatic heterocycles. The number of hydrogen-bond acceptors (Lipinski definition) is 5. The van der Waals surface area contributed by atoms with Crippen molar-refractivity contribution >= 4 is 18.4 Å². The van der Waals surface area contributed by atoms with Crippen molar-refractivity contribution < 1.29 is 19.4 Å². The normalized spacial score (nSPS) is 13.3. The number of carbonyl (C=O) groups is 1. The fraction of sp³-hybridized carbons (Fsp3) is 0.611. The number of nitrogens with one attached hydrogen (secondary N) is 1. The molecule has 1 atom stereocenters. The second-order valence-corrected chi connectivity index (χ2v) is 5.33. The molecule has 138 valence electrons. The monoisotopic (exact) mass is 359 g/mol. The quantitative estimate of drug-likeness (QED) is 0.733. The maximum absolute atomic E-state index is 11.2. The van der Waals surface area contributed by atoms with E-state index in [1.165, 1.54) is 12.0 Å². The Morgan fingerprint density at radius 3 is 2.75 bits per heavy atom. The van der Waals surface area contributed by atoms with Gasteiger partial charge in [-0.3, -0.25) is 4.79 Å². The van der Waals surface area contributed by atoms with Crippen LogP contribution in [0.25, 0.3) is 0 Å². The molecule has 1 aromatic carbocycles. The molecule has 1 heterocycles. The number of aryl methyl sites for hydroxylation is 1. The van der Waals surface area contributed by atoms with Crippen LogP contribution in [-0.4, -0.2) is 43.5 Å². The molecule has 0 saturated carbocycles. The Balaban J connectivity index is 0.000000432. The lowest BCUT2D eigenvalue weighted by Crippen LogP contribution is -2.39. The van der Waals surface area contributed by atoms with Crippen molar-refractivity contribution in [3.8, 4) is 5.75 Å². The van der Waals surface area contributed by atoms with Crippen molar-refractivity contribution in [2.45, 2.75) is 45.6 Å². The van der Waals surface area contributed by atoms with Crippen LogP contribution in [0.1, 0.15) is 38.7 Å². The summed E-state index contributed by atoms with van der Waals surface area (Å²) in [6.07, 6.45) is 3.72. The van der Waals surface area contributed by atoms with Crippen LogP contribution in [0, 0.1) is 0 Å². The van der Waals surface area contributed by atoms with Crippen LogP contribution in [0.4, 0.5) is 0 Å². The number of halogens is 1. The number of carbonyl (C=O) groups excluding carboxylic acids is 1. The van der Waals surface area contributed by atoms with Gasteiger partial charge in [-0.05, 0) is 50.8 Å². The lowest BCUT2D eigenvalue weighted by atomic mass is 10.1. The van der Waals surface area contributed by atoms with Gasteiger partial charge in [0.2, 0.25) is 0 Å². The lowest BCUT2D eigenvalue weighted by Gasteiger charge is -2.15. The fourth-order valence-corrected chi connectivity index (χ4v) is 2.29. The van der Waals surface area contributed by atoms with Crippen LogP contribution < -0.4 is 10.1 Å². The molecule has 1 aliphatic heterocycles. The van der Waals surface area contributed by atoms with Gasteiger partial charge < -0.3 is 19.9 Å². The third kappa shape index (κ3) is 8.52. The first-order valence-corrected chi connectivity index (χ1v) is 8.44. The molecule has 1 aliphatic rings. The van der Waals surface area contributed by atoms with Crippen molar-refractivity contribution in [1.82, 2.24) is 5.32 Å². The fourth-order valence-electron chi connectivity index (χ4n) is 2.29. The number of ether oxygens (including phenoxy) is 2. The molecule has 0 spiro atoms. The molecule has 0 radical (unpaired) electrons. The molecule has 2 rings (SSSR count). The van der Waals surface area contributed by atoms with Crippen molar-refractivity contribution in [2.24, 2.45) is 0 Å². The van der Waals surface area contributed by atoms with Crippen molar-refractivity contribution in [2.75, 3.05) is 26.4 Å². The standard InChI is InChI=1S/C9H19NO3.C9H10O.ClH/c1-3-6-10-8(5-7-11)9(12)13-4-2;1-2-6-9-8(4-1)5-3-7-10-9;/h8,10-11H,3-7H2,1-2H3;1-2,4,6H,3,5,7H2;1H. The summed E-state index contributed by atoms with van der Waals surface area (Å²) in [4.78, 5) is 11.2. The minimum absolute atomic E-state index is 0. The summed E-state index contributed by atoms with van der Waals surface area (Å²) in [6, 6.07) is 7.89. The Morgan fingerprint density at radius 2 is 2.12 bits per heavy atom. The first kappa shape index (κ1) is 22.7. The molecule has 1 aromatic rings. The van der Waals surface area contributed by atoms with Crippen LogP contribution in [0.3, 0.4) is 0 Å². The summed E-state index contributed by atoms with van der Waals surface area (Å²) >= 11 is 0. The van der Waals surface area contributed by atoms with Crippen molar-refractivity contribution in [3.05, 3.63) is 29.8 Å². The minimum atomic E-state index is -0.357. The average molecular weight is 360 g/mol. The Kier molecular flexibility index (Phi) is 13.3. The van der Waals surface area contributed by atoms with Crippen LogP contribution in [0.5, 0.6) is 5.75 Å². The number of aliphatic hydroxyl groups is 1. The first-order valence-electron chi connectivity index (χ1n) is 8.44. The Morgan fingerprint density at radius 1 is 1.38 bits per heavy atom. The molecule has 0 saturated heterocycles. The highest BCUT2D eigenvalue weighted by Crippen LogP contribution is 2.23. The summed E-state index contributed by atoms with van der Waals surface area (Å²) in [5, 5.41) is 11.7. The van der Waals surface area contributed by atoms with E-state index in [9.17, 15) is 4.79 Å². The molecule has 0 aliphatic carbocycles. The molecule has 24 heavy (non-hydrogen) atoms. The van der Waals surface area contributed by atoms with E-state index in [0.29, 0.717) is 13.0 Å². The number of esters is 1. The highest BCUT2D eigenvalue weighted by Gasteiger charge is 2.17. The van der Waals surface area contributed by atoms with Crippen LogP contribution in [0.15, 0.2) is 24.3 Å². The molecule has 0 amide bonds. The van der Waals surface area contributed by atoms with Gasteiger partial charge in [0.15, 0.2) is 0 Å². The topological polar surface area (TPSA) is 67.8 Å². The van der Waals surface area contributed by atoms with Gasteiger partial charge in [-0.25, -0.2) is 0 Å². The summed E-state index contributed by atoms with van der Waals surface area (Å²) in [5.41, 5.74) is 1.36. The van der Waals surface area contributed by atoms with Gasteiger partial charge in [0.1, 0.15) is 11.8 Å². The third-order valence-electron chi connectivity index (χ3n) is 3.45. The van der Waals surface area contributed by atoms with Crippen LogP contribution in [0.2, 0.25) is 0 Å². The highest BCUT2D eigenvalue weighted by atomic mass is 35.5. The Bertz CT molecular complexity index is 431. The van der Waals surface area contributed by atoms with E-state index in [2.05, 4.69) is 17.4 Å². The number of hydrogen-bond donors (Lipinski definition) is 2. The van der Waals surface area contributed by atoms with E-state index >= 15 is 0 Å². The molecular formula is C18H30ClNO4. The smallest absolute Gasteiger partial charge is 0.323 e. The molecular weight excluding hydrogens is 330 g/mol. The number of para-hydroxylation sites is 1. The summed E-state index contributed by atoms with van der Waals surface area (Å²) < 4.78 is 10.3. The molecule has 0 fully saturated rings. The van der Waals surface area contributed by atoms with Crippen molar-refractivity contribution in [1.29, 1.82) is 0 Å².